The van der Waals surface area contributed by atoms with Crippen molar-refractivity contribution >= 4 is 0 Å². The molecular formula is C28H30F4IrN4-2. The summed E-state index contributed by atoms with van der Waals surface area (Å²) >= 11 is 0. The molecule has 2 aromatic heterocycles. The number of hydrogen-bond acceptors (Lipinski definition) is 2. The molecule has 2 aliphatic heterocycles. The van der Waals surface area contributed by atoms with E-state index >= 15 is 0 Å². The molecule has 4 nitrogen and oxygen atoms in total. The van der Waals surface area contributed by atoms with Crippen molar-refractivity contribution in [2.24, 2.45) is 10.8 Å². The van der Waals surface area contributed by atoms with Crippen LogP contribution in [0.25, 0.3) is 10.6 Å². The zero-order valence-corrected chi connectivity index (χ0v) is 24.0. The summed E-state index contributed by atoms with van der Waals surface area (Å²) in [4.78, 5) is 6.93. The van der Waals surface area contributed by atoms with E-state index in [4.69, 9.17) is 0 Å². The zero-order valence-electron chi connectivity index (χ0n) is 21.6. The van der Waals surface area contributed by atoms with Crippen LogP contribution in [0.15, 0.2) is 84.5 Å². The maximum absolute atomic E-state index is 14.8. The second-order valence-corrected chi connectivity index (χ2v) is 10.7. The van der Waals surface area contributed by atoms with Gasteiger partial charge in [0.15, 0.2) is 0 Å². The maximum Gasteiger partial charge on any atom is 0.212 e. The van der Waals surface area contributed by atoms with Crippen LogP contribution in [0.3, 0.4) is 0 Å². The van der Waals surface area contributed by atoms with Crippen LogP contribution in [0.4, 0.5) is 17.6 Å². The van der Waals surface area contributed by atoms with E-state index in [1.165, 1.54) is 49.1 Å². The standard InChI is InChI=1S/2C14H15F2N2.Ir/c2*1-13(2,3)10-6-7-18-14(16,8-10)11-4-5-12(15)17-9-11;/h2*4-9H,1-3H3;/q2*-1;. The number of hydrogen-bond donors (Lipinski definition) is 0. The number of pyridine rings is 2. The predicted molar refractivity (Wildman–Crippen MR) is 134 cm³/mol. The minimum absolute atomic E-state index is 0. The van der Waals surface area contributed by atoms with Crippen molar-refractivity contribution in [1.29, 1.82) is 0 Å². The minimum atomic E-state index is -1.96. The van der Waals surface area contributed by atoms with Gasteiger partial charge in [-0.25, -0.2) is 9.97 Å². The number of allylic oxidation sites excluding steroid dienone is 4. The fourth-order valence-corrected chi connectivity index (χ4v) is 3.45. The van der Waals surface area contributed by atoms with Gasteiger partial charge in [-0.15, -0.1) is 0 Å². The van der Waals surface area contributed by atoms with Gasteiger partial charge in [0.2, 0.25) is 11.9 Å². The Kier molecular flexibility index (Phi) is 9.31. The van der Waals surface area contributed by atoms with Crippen molar-refractivity contribution < 1.29 is 37.7 Å². The van der Waals surface area contributed by atoms with Crippen LogP contribution in [-0.4, -0.2) is 9.97 Å². The smallest absolute Gasteiger partial charge is 0.212 e. The summed E-state index contributed by atoms with van der Waals surface area (Å²) < 4.78 is 55.0. The van der Waals surface area contributed by atoms with Crippen LogP contribution in [0.5, 0.6) is 0 Å². The summed E-state index contributed by atoms with van der Waals surface area (Å²) in [6, 6.07) is 4.99. The molecule has 0 saturated carbocycles. The number of aromatic nitrogens is 2. The summed E-state index contributed by atoms with van der Waals surface area (Å²) in [6.45, 7) is 12.0. The number of nitrogens with zero attached hydrogens (tertiary/aromatic N) is 4. The van der Waals surface area contributed by atoms with E-state index in [0.29, 0.717) is 0 Å². The first-order valence-corrected chi connectivity index (χ1v) is 11.5. The van der Waals surface area contributed by atoms with Crippen molar-refractivity contribution in [3.63, 3.8) is 0 Å². The van der Waals surface area contributed by atoms with Gasteiger partial charge < -0.3 is 10.6 Å². The van der Waals surface area contributed by atoms with E-state index in [1.54, 1.807) is 12.2 Å². The summed E-state index contributed by atoms with van der Waals surface area (Å²) in [5.74, 6) is -5.18. The second kappa shape index (κ2) is 11.3. The molecule has 0 bridgehead atoms. The van der Waals surface area contributed by atoms with Crippen LogP contribution in [0.2, 0.25) is 0 Å². The Bertz CT molecular complexity index is 1100. The molecule has 4 heterocycles. The average molecular weight is 691 g/mol. The van der Waals surface area contributed by atoms with Gasteiger partial charge in [0.1, 0.15) is 0 Å². The van der Waals surface area contributed by atoms with E-state index in [9.17, 15) is 17.6 Å². The van der Waals surface area contributed by atoms with Crippen LogP contribution in [-0.2, 0) is 31.7 Å². The Hall–Kier alpha value is -2.77. The summed E-state index contributed by atoms with van der Waals surface area (Å²) in [5.41, 5.74) is 1.83. The first kappa shape index (κ1) is 30.5. The van der Waals surface area contributed by atoms with E-state index < -0.39 is 23.5 Å². The van der Waals surface area contributed by atoms with Crippen molar-refractivity contribution in [2.45, 2.75) is 53.1 Å². The molecule has 0 saturated heterocycles. The number of rotatable bonds is 2. The van der Waals surface area contributed by atoms with E-state index in [2.05, 4.69) is 20.6 Å². The van der Waals surface area contributed by atoms with E-state index in [1.807, 2.05) is 41.5 Å². The molecule has 0 amide bonds. The molecule has 2 unspecified atom stereocenters. The molecule has 1 radical (unpaired) electrons. The second-order valence-electron chi connectivity index (χ2n) is 10.7. The SMILES string of the molecule is CC(C)(C)C1=CC(F)(c2ccc(F)nc2)[N-]C=C1.CC(C)(C)C1=CC(F)(c2ccc(F)nc2)[N-]C=C1.[Ir]. The number of halogens is 4. The molecule has 4 rings (SSSR count). The van der Waals surface area contributed by atoms with Gasteiger partial charge in [-0.05, 0) is 45.2 Å². The van der Waals surface area contributed by atoms with Crippen LogP contribution in [0.1, 0.15) is 52.7 Å². The van der Waals surface area contributed by atoms with Gasteiger partial charge in [0.05, 0.1) is 11.6 Å². The van der Waals surface area contributed by atoms with Gasteiger partial charge in [-0.3, -0.25) is 8.78 Å². The Morgan fingerprint density at radius 3 is 1.27 bits per heavy atom. The monoisotopic (exact) mass is 691 g/mol. The summed E-state index contributed by atoms with van der Waals surface area (Å²) in [5, 5.41) is 7.68. The van der Waals surface area contributed by atoms with E-state index in [-0.39, 0.29) is 42.1 Å². The van der Waals surface area contributed by atoms with E-state index in [0.717, 1.165) is 23.3 Å². The van der Waals surface area contributed by atoms with Crippen LogP contribution >= 0.6 is 0 Å². The predicted octanol–water partition coefficient (Wildman–Crippen LogP) is 8.43. The van der Waals surface area contributed by atoms with Gasteiger partial charge in [0.25, 0.3) is 0 Å². The third kappa shape index (κ3) is 7.62. The quantitative estimate of drug-likeness (QED) is 0.181. The normalized spacial score (nSPS) is 22.9. The first-order valence-electron chi connectivity index (χ1n) is 11.5. The molecule has 2 aromatic rings. The van der Waals surface area contributed by atoms with Crippen molar-refractivity contribution in [3.8, 4) is 0 Å². The van der Waals surface area contributed by atoms with Gasteiger partial charge >= 0.3 is 0 Å². The van der Waals surface area contributed by atoms with Crippen molar-refractivity contribution in [1.82, 2.24) is 9.97 Å². The molecule has 0 spiro atoms. The minimum Gasteiger partial charge on any atom is -0.652 e. The topological polar surface area (TPSA) is 54.0 Å². The molecule has 37 heavy (non-hydrogen) atoms. The Morgan fingerprint density at radius 1 is 0.649 bits per heavy atom. The maximum atomic E-state index is 14.8. The fraction of sp³-hybridized carbons (Fsp3) is 0.357. The average Bonchev–Trinajstić information content (AvgIpc) is 2.79. The molecule has 0 fully saturated rings. The van der Waals surface area contributed by atoms with Crippen LogP contribution in [0, 0.1) is 22.7 Å². The summed E-state index contributed by atoms with van der Waals surface area (Å²) in [6.07, 6.45) is 11.7. The molecule has 0 N–H and O–H groups in total. The fourth-order valence-electron chi connectivity index (χ4n) is 3.45. The molecule has 201 valence electrons. The van der Waals surface area contributed by atoms with Crippen molar-refractivity contribution in [2.75, 3.05) is 0 Å². The largest absolute Gasteiger partial charge is 0.652 e. The molecule has 0 aliphatic carbocycles. The molecule has 0 aromatic carbocycles. The van der Waals surface area contributed by atoms with Crippen molar-refractivity contribution in [3.05, 3.63) is 118 Å². The Labute approximate surface area is 229 Å². The molecular weight excluding hydrogens is 661 g/mol. The Balaban J connectivity index is 0.000000253. The van der Waals surface area contributed by atoms with Gasteiger partial charge in [-0.2, -0.15) is 21.2 Å². The number of alkyl halides is 2. The van der Waals surface area contributed by atoms with Crippen LogP contribution < -0.4 is 0 Å². The molecule has 2 atom stereocenters. The Morgan fingerprint density at radius 2 is 1.00 bits per heavy atom. The van der Waals surface area contributed by atoms with Gasteiger partial charge in [0, 0.05) is 32.5 Å². The third-order valence-electron chi connectivity index (χ3n) is 5.72. The molecule has 2 aliphatic rings. The molecule has 9 heteroatoms. The first-order chi connectivity index (χ1) is 16.6. The zero-order chi connectivity index (χ0) is 26.8. The van der Waals surface area contributed by atoms with Gasteiger partial charge in [-0.1, -0.05) is 78.0 Å². The third-order valence-corrected chi connectivity index (χ3v) is 5.72. The summed E-state index contributed by atoms with van der Waals surface area (Å²) in [7, 11) is 0.